The maximum Gasteiger partial charge on any atom is 0.305 e. The molecule has 0 unspecified atom stereocenters. The number of ether oxygens (including phenoxy) is 1. The number of nitrogens with two attached hydrogens (primary N) is 1. The standard InChI is InChI=1S/C9H17NO3/c10-7-9(4-1-2-5-9)13-6-3-8(11)12/h1-7,10H2,(H,11,12). The first kappa shape index (κ1) is 10.5. The topological polar surface area (TPSA) is 72.5 Å². The van der Waals surface area contributed by atoms with Crippen molar-refractivity contribution in [2.24, 2.45) is 5.73 Å². The Labute approximate surface area is 78.1 Å². The summed E-state index contributed by atoms with van der Waals surface area (Å²) in [6.45, 7) is 0.791. The van der Waals surface area contributed by atoms with Crippen molar-refractivity contribution < 1.29 is 14.6 Å². The van der Waals surface area contributed by atoms with Crippen LogP contribution >= 0.6 is 0 Å². The number of aliphatic carboxylic acids is 1. The van der Waals surface area contributed by atoms with Crippen molar-refractivity contribution >= 4 is 5.97 Å². The summed E-state index contributed by atoms with van der Waals surface area (Å²) in [7, 11) is 0. The summed E-state index contributed by atoms with van der Waals surface area (Å²) >= 11 is 0. The van der Waals surface area contributed by atoms with E-state index in [1.165, 1.54) is 0 Å². The molecule has 76 valence electrons. The summed E-state index contributed by atoms with van der Waals surface area (Å²) in [4.78, 5) is 10.3. The van der Waals surface area contributed by atoms with Gasteiger partial charge in [-0.2, -0.15) is 0 Å². The lowest BCUT2D eigenvalue weighted by atomic mass is 10.0. The zero-order chi connectivity index (χ0) is 9.73. The van der Waals surface area contributed by atoms with Crippen LogP contribution in [0.1, 0.15) is 32.1 Å². The van der Waals surface area contributed by atoms with Crippen LogP contribution in [0.15, 0.2) is 0 Å². The number of rotatable bonds is 5. The Hall–Kier alpha value is -0.610. The van der Waals surface area contributed by atoms with Gasteiger partial charge in [-0.1, -0.05) is 12.8 Å². The normalized spacial score (nSPS) is 20.4. The van der Waals surface area contributed by atoms with Gasteiger partial charge < -0.3 is 15.6 Å². The lowest BCUT2D eigenvalue weighted by Gasteiger charge is -2.27. The quantitative estimate of drug-likeness (QED) is 0.666. The van der Waals surface area contributed by atoms with Crippen molar-refractivity contribution in [3.05, 3.63) is 0 Å². The molecule has 0 bridgehead atoms. The molecule has 0 aliphatic heterocycles. The number of hydrogen-bond acceptors (Lipinski definition) is 3. The number of hydrogen-bond donors (Lipinski definition) is 2. The van der Waals surface area contributed by atoms with Crippen molar-refractivity contribution in [3.63, 3.8) is 0 Å². The second-order valence-corrected chi connectivity index (χ2v) is 3.59. The Bertz CT molecular complexity index is 176. The zero-order valence-corrected chi connectivity index (χ0v) is 7.79. The first-order valence-electron chi connectivity index (χ1n) is 4.74. The molecule has 0 heterocycles. The minimum absolute atomic E-state index is 0.0712. The first-order chi connectivity index (χ1) is 6.18. The van der Waals surface area contributed by atoms with Crippen molar-refractivity contribution in [1.82, 2.24) is 0 Å². The van der Waals surface area contributed by atoms with Crippen LogP contribution in [0.5, 0.6) is 0 Å². The molecule has 3 N–H and O–H groups in total. The summed E-state index contributed by atoms with van der Waals surface area (Å²) in [6.07, 6.45) is 4.31. The van der Waals surface area contributed by atoms with Crippen LogP contribution in [0, 0.1) is 0 Å². The third-order valence-corrected chi connectivity index (χ3v) is 2.61. The van der Waals surface area contributed by atoms with E-state index in [-0.39, 0.29) is 18.6 Å². The molecule has 0 saturated heterocycles. The van der Waals surface area contributed by atoms with E-state index in [0.717, 1.165) is 25.7 Å². The van der Waals surface area contributed by atoms with Gasteiger partial charge in [0.05, 0.1) is 18.6 Å². The number of carbonyl (C=O) groups is 1. The highest BCUT2D eigenvalue weighted by molar-refractivity contribution is 5.66. The van der Waals surface area contributed by atoms with Crippen molar-refractivity contribution in [2.75, 3.05) is 13.2 Å². The number of carboxylic acid groups (broad SMARTS) is 1. The summed E-state index contributed by atoms with van der Waals surface area (Å²) in [6, 6.07) is 0. The van der Waals surface area contributed by atoms with Crippen molar-refractivity contribution in [2.45, 2.75) is 37.7 Å². The van der Waals surface area contributed by atoms with Gasteiger partial charge in [0.15, 0.2) is 0 Å². The van der Waals surface area contributed by atoms with Gasteiger partial charge in [0.25, 0.3) is 0 Å². The van der Waals surface area contributed by atoms with E-state index in [1.807, 2.05) is 0 Å². The Kier molecular flexibility index (Phi) is 3.69. The average molecular weight is 187 g/mol. The molecule has 1 saturated carbocycles. The minimum Gasteiger partial charge on any atom is -0.481 e. The maximum atomic E-state index is 10.3. The highest BCUT2D eigenvalue weighted by Gasteiger charge is 2.33. The molecular weight excluding hydrogens is 170 g/mol. The van der Waals surface area contributed by atoms with Gasteiger partial charge in [-0.15, -0.1) is 0 Å². The molecular formula is C9H17NO3. The molecule has 0 aromatic rings. The Morgan fingerprint density at radius 2 is 2.08 bits per heavy atom. The van der Waals surface area contributed by atoms with E-state index in [0.29, 0.717) is 6.54 Å². The van der Waals surface area contributed by atoms with Gasteiger partial charge in [0.1, 0.15) is 0 Å². The molecule has 1 aliphatic rings. The lowest BCUT2D eigenvalue weighted by molar-refractivity contribution is -0.139. The summed E-state index contributed by atoms with van der Waals surface area (Å²) in [5.41, 5.74) is 5.40. The molecule has 0 amide bonds. The van der Waals surface area contributed by atoms with E-state index in [2.05, 4.69) is 0 Å². The Balaban J connectivity index is 2.27. The highest BCUT2D eigenvalue weighted by Crippen LogP contribution is 2.32. The van der Waals surface area contributed by atoms with Gasteiger partial charge in [-0.05, 0) is 12.8 Å². The van der Waals surface area contributed by atoms with Crippen molar-refractivity contribution in [3.8, 4) is 0 Å². The fourth-order valence-corrected chi connectivity index (χ4v) is 1.78. The summed E-state index contributed by atoms with van der Waals surface area (Å²) in [5.74, 6) is -0.815. The van der Waals surface area contributed by atoms with Crippen LogP contribution < -0.4 is 5.73 Å². The molecule has 1 aliphatic carbocycles. The fraction of sp³-hybridized carbons (Fsp3) is 0.889. The van der Waals surface area contributed by atoms with Crippen LogP contribution in [-0.4, -0.2) is 29.8 Å². The van der Waals surface area contributed by atoms with E-state index in [1.54, 1.807) is 0 Å². The second-order valence-electron chi connectivity index (χ2n) is 3.59. The largest absolute Gasteiger partial charge is 0.481 e. The maximum absolute atomic E-state index is 10.3. The van der Waals surface area contributed by atoms with Gasteiger partial charge in [-0.3, -0.25) is 4.79 Å². The monoisotopic (exact) mass is 187 g/mol. The Morgan fingerprint density at radius 1 is 1.46 bits per heavy atom. The molecule has 0 aromatic carbocycles. The second kappa shape index (κ2) is 4.58. The van der Waals surface area contributed by atoms with E-state index in [4.69, 9.17) is 15.6 Å². The van der Waals surface area contributed by atoms with Gasteiger partial charge >= 0.3 is 5.97 Å². The zero-order valence-electron chi connectivity index (χ0n) is 7.79. The first-order valence-corrected chi connectivity index (χ1v) is 4.74. The van der Waals surface area contributed by atoms with Crippen LogP contribution in [0.25, 0.3) is 0 Å². The molecule has 0 atom stereocenters. The van der Waals surface area contributed by atoms with Crippen LogP contribution in [0.4, 0.5) is 0 Å². The predicted octanol–water partition coefficient (Wildman–Crippen LogP) is 0.749. The molecule has 0 spiro atoms. The summed E-state index contributed by atoms with van der Waals surface area (Å²) < 4.78 is 5.54. The van der Waals surface area contributed by atoms with Crippen LogP contribution in [-0.2, 0) is 9.53 Å². The SMILES string of the molecule is NCC1(OCCC(=O)O)CCCC1. The average Bonchev–Trinajstić information content (AvgIpc) is 2.53. The lowest BCUT2D eigenvalue weighted by Crippen LogP contribution is -2.38. The third-order valence-electron chi connectivity index (χ3n) is 2.61. The Morgan fingerprint density at radius 3 is 2.54 bits per heavy atom. The fourth-order valence-electron chi connectivity index (χ4n) is 1.78. The number of carboxylic acids is 1. The summed E-state index contributed by atoms with van der Waals surface area (Å²) in [5, 5.41) is 8.43. The smallest absolute Gasteiger partial charge is 0.305 e. The third kappa shape index (κ3) is 2.97. The van der Waals surface area contributed by atoms with Crippen molar-refractivity contribution in [1.29, 1.82) is 0 Å². The predicted molar refractivity (Wildman–Crippen MR) is 48.5 cm³/mol. The highest BCUT2D eigenvalue weighted by atomic mass is 16.5. The van der Waals surface area contributed by atoms with E-state index in [9.17, 15) is 4.79 Å². The van der Waals surface area contributed by atoms with Gasteiger partial charge in [0.2, 0.25) is 0 Å². The molecule has 4 heteroatoms. The molecule has 13 heavy (non-hydrogen) atoms. The molecule has 0 radical (unpaired) electrons. The van der Waals surface area contributed by atoms with Gasteiger partial charge in [0, 0.05) is 6.54 Å². The van der Waals surface area contributed by atoms with Gasteiger partial charge in [-0.25, -0.2) is 0 Å². The molecule has 1 rings (SSSR count). The molecule has 4 nitrogen and oxygen atoms in total. The minimum atomic E-state index is -0.815. The van der Waals surface area contributed by atoms with E-state index < -0.39 is 5.97 Å². The molecule has 1 fully saturated rings. The molecule has 0 aromatic heterocycles. The van der Waals surface area contributed by atoms with Crippen LogP contribution in [0.2, 0.25) is 0 Å². The van der Waals surface area contributed by atoms with Crippen LogP contribution in [0.3, 0.4) is 0 Å². The van der Waals surface area contributed by atoms with E-state index >= 15 is 0 Å².